The van der Waals surface area contributed by atoms with Crippen LogP contribution in [0.1, 0.15) is 12.8 Å². The van der Waals surface area contributed by atoms with Crippen molar-refractivity contribution in [2.75, 3.05) is 26.8 Å². The summed E-state index contributed by atoms with van der Waals surface area (Å²) in [6.07, 6.45) is 1.40. The Kier molecular flexibility index (Phi) is 5.08. The number of carbonyl (C=O) groups excluding carboxylic acids is 1. The zero-order valence-electron chi connectivity index (χ0n) is 10.2. The van der Waals surface area contributed by atoms with Crippen molar-refractivity contribution in [1.82, 2.24) is 4.90 Å². The first-order chi connectivity index (χ1) is 8.47. The first kappa shape index (κ1) is 14.4. The summed E-state index contributed by atoms with van der Waals surface area (Å²) >= 11 is 0. The molecule has 0 heterocycles. The number of nitrogens with zero attached hydrogens (tertiary/aromatic N) is 1. The molecule has 1 aliphatic carbocycles. The molecule has 0 radical (unpaired) electrons. The summed E-state index contributed by atoms with van der Waals surface area (Å²) in [6, 6.07) is 0. The summed E-state index contributed by atoms with van der Waals surface area (Å²) in [7, 11) is 1.43. The predicted octanol–water partition coefficient (Wildman–Crippen LogP) is -0.343. The standard InChI is InChI=1S/C11H17NO6/c1-18-5-4-12(6-8(13)14)10(15)9(11(16)17)7-2-3-7/h7,9H,2-6H2,1H3,(H,13,14)(H,16,17). The molecule has 102 valence electrons. The highest BCUT2D eigenvalue weighted by Gasteiger charge is 2.43. The number of aliphatic carboxylic acids is 2. The van der Waals surface area contributed by atoms with Gasteiger partial charge in [-0.1, -0.05) is 0 Å². The minimum absolute atomic E-state index is 0.0815. The van der Waals surface area contributed by atoms with Crippen LogP contribution in [-0.2, 0) is 19.1 Å². The largest absolute Gasteiger partial charge is 0.481 e. The fraction of sp³-hybridized carbons (Fsp3) is 0.727. The molecule has 0 aromatic carbocycles. The zero-order chi connectivity index (χ0) is 13.7. The van der Waals surface area contributed by atoms with Crippen LogP contribution >= 0.6 is 0 Å². The topological polar surface area (TPSA) is 104 Å². The van der Waals surface area contributed by atoms with Crippen LogP contribution in [-0.4, -0.2) is 59.8 Å². The molecule has 0 aliphatic heterocycles. The van der Waals surface area contributed by atoms with Gasteiger partial charge in [0, 0.05) is 13.7 Å². The Hall–Kier alpha value is -1.63. The Balaban J connectivity index is 2.71. The average Bonchev–Trinajstić information content (AvgIpc) is 3.07. The number of methoxy groups -OCH3 is 1. The van der Waals surface area contributed by atoms with Crippen LogP contribution in [0.4, 0.5) is 0 Å². The van der Waals surface area contributed by atoms with Gasteiger partial charge in [-0.2, -0.15) is 0 Å². The van der Waals surface area contributed by atoms with E-state index in [4.69, 9.17) is 14.9 Å². The zero-order valence-corrected chi connectivity index (χ0v) is 10.2. The van der Waals surface area contributed by atoms with E-state index in [1.165, 1.54) is 7.11 Å². The molecular formula is C11H17NO6. The number of carboxylic acid groups (broad SMARTS) is 2. The minimum Gasteiger partial charge on any atom is -0.481 e. The molecule has 2 N–H and O–H groups in total. The van der Waals surface area contributed by atoms with E-state index >= 15 is 0 Å². The van der Waals surface area contributed by atoms with Crippen LogP contribution in [0.25, 0.3) is 0 Å². The number of ether oxygens (including phenoxy) is 1. The molecule has 0 aromatic rings. The van der Waals surface area contributed by atoms with Crippen molar-refractivity contribution in [3.8, 4) is 0 Å². The lowest BCUT2D eigenvalue weighted by Crippen LogP contribution is -2.44. The van der Waals surface area contributed by atoms with Crippen LogP contribution in [0.15, 0.2) is 0 Å². The molecule has 0 spiro atoms. The van der Waals surface area contributed by atoms with Crippen LogP contribution in [0.3, 0.4) is 0 Å². The maximum absolute atomic E-state index is 12.0. The Bertz CT molecular complexity index is 338. The Morgan fingerprint density at radius 1 is 1.33 bits per heavy atom. The summed E-state index contributed by atoms with van der Waals surface area (Å²) in [6.45, 7) is -0.243. The van der Waals surface area contributed by atoms with Gasteiger partial charge in [-0.25, -0.2) is 0 Å². The highest BCUT2D eigenvalue weighted by atomic mass is 16.5. The summed E-state index contributed by atoms with van der Waals surface area (Å²) in [4.78, 5) is 34.8. The van der Waals surface area contributed by atoms with Gasteiger partial charge >= 0.3 is 11.9 Å². The Labute approximate surface area is 104 Å². The third kappa shape index (κ3) is 3.99. The molecule has 7 nitrogen and oxygen atoms in total. The van der Waals surface area contributed by atoms with Crippen molar-refractivity contribution in [1.29, 1.82) is 0 Å². The summed E-state index contributed by atoms with van der Waals surface area (Å²) < 4.78 is 4.79. The SMILES string of the molecule is COCCN(CC(=O)O)C(=O)C(C(=O)O)C1CC1. The van der Waals surface area contributed by atoms with E-state index in [2.05, 4.69) is 0 Å². The van der Waals surface area contributed by atoms with Crippen molar-refractivity contribution in [3.05, 3.63) is 0 Å². The lowest BCUT2D eigenvalue weighted by molar-refractivity contribution is -0.155. The molecule has 0 bridgehead atoms. The van der Waals surface area contributed by atoms with Crippen molar-refractivity contribution >= 4 is 17.8 Å². The molecule has 7 heteroatoms. The van der Waals surface area contributed by atoms with Gasteiger partial charge in [0.15, 0.2) is 0 Å². The van der Waals surface area contributed by atoms with Gasteiger partial charge in [0.25, 0.3) is 0 Å². The van der Waals surface area contributed by atoms with Crippen LogP contribution < -0.4 is 0 Å². The first-order valence-corrected chi connectivity index (χ1v) is 5.69. The molecule has 1 unspecified atom stereocenters. The molecule has 1 atom stereocenters. The van der Waals surface area contributed by atoms with Gasteiger partial charge in [-0.05, 0) is 18.8 Å². The van der Waals surface area contributed by atoms with Gasteiger partial charge in [0.1, 0.15) is 12.5 Å². The van der Waals surface area contributed by atoms with Crippen LogP contribution in [0.5, 0.6) is 0 Å². The second-order valence-electron chi connectivity index (χ2n) is 4.30. The smallest absolute Gasteiger partial charge is 0.323 e. The summed E-state index contributed by atoms with van der Waals surface area (Å²) in [5.74, 6) is -4.27. The number of hydrogen-bond acceptors (Lipinski definition) is 4. The lowest BCUT2D eigenvalue weighted by atomic mass is 10.0. The maximum Gasteiger partial charge on any atom is 0.323 e. The van der Waals surface area contributed by atoms with E-state index in [1.54, 1.807) is 0 Å². The van der Waals surface area contributed by atoms with Gasteiger partial charge in [0.2, 0.25) is 5.91 Å². The Morgan fingerprint density at radius 2 is 1.94 bits per heavy atom. The van der Waals surface area contributed by atoms with E-state index in [9.17, 15) is 14.4 Å². The average molecular weight is 259 g/mol. The van der Waals surface area contributed by atoms with Gasteiger partial charge < -0.3 is 19.8 Å². The lowest BCUT2D eigenvalue weighted by Gasteiger charge is -2.23. The quantitative estimate of drug-likeness (QED) is 0.578. The van der Waals surface area contributed by atoms with Crippen molar-refractivity contribution < 1.29 is 29.3 Å². The molecule has 1 amide bonds. The molecule has 1 fully saturated rings. The number of carboxylic acids is 2. The van der Waals surface area contributed by atoms with E-state index in [0.717, 1.165) is 4.90 Å². The van der Waals surface area contributed by atoms with Gasteiger partial charge in [0.05, 0.1) is 6.61 Å². The van der Waals surface area contributed by atoms with Crippen LogP contribution in [0, 0.1) is 11.8 Å². The van der Waals surface area contributed by atoms with Gasteiger partial charge in [-0.15, -0.1) is 0 Å². The highest BCUT2D eigenvalue weighted by molar-refractivity contribution is 5.98. The Morgan fingerprint density at radius 3 is 2.33 bits per heavy atom. The number of carbonyl (C=O) groups is 3. The van der Waals surface area contributed by atoms with Gasteiger partial charge in [-0.3, -0.25) is 14.4 Å². The van der Waals surface area contributed by atoms with E-state index in [0.29, 0.717) is 12.8 Å². The summed E-state index contributed by atoms with van der Waals surface area (Å²) in [5.41, 5.74) is 0. The van der Waals surface area contributed by atoms with E-state index < -0.39 is 30.3 Å². The molecule has 1 rings (SSSR count). The number of rotatable bonds is 8. The van der Waals surface area contributed by atoms with Crippen molar-refractivity contribution in [2.24, 2.45) is 11.8 Å². The fourth-order valence-electron chi connectivity index (χ4n) is 1.77. The molecule has 1 saturated carbocycles. The van der Waals surface area contributed by atoms with Crippen molar-refractivity contribution in [2.45, 2.75) is 12.8 Å². The fourth-order valence-corrected chi connectivity index (χ4v) is 1.77. The third-order valence-corrected chi connectivity index (χ3v) is 2.83. The molecule has 0 saturated heterocycles. The number of hydrogen-bond donors (Lipinski definition) is 2. The molecule has 1 aliphatic rings. The predicted molar refractivity (Wildman–Crippen MR) is 59.9 cm³/mol. The second-order valence-corrected chi connectivity index (χ2v) is 4.30. The summed E-state index contributed by atoms with van der Waals surface area (Å²) in [5, 5.41) is 17.8. The second kappa shape index (κ2) is 6.34. The monoisotopic (exact) mass is 259 g/mol. The van der Waals surface area contributed by atoms with Crippen molar-refractivity contribution in [3.63, 3.8) is 0 Å². The maximum atomic E-state index is 12.0. The first-order valence-electron chi connectivity index (χ1n) is 5.69. The molecule has 0 aromatic heterocycles. The third-order valence-electron chi connectivity index (χ3n) is 2.83. The molecular weight excluding hydrogens is 242 g/mol. The molecule has 18 heavy (non-hydrogen) atoms. The normalized spacial score (nSPS) is 16.1. The highest BCUT2D eigenvalue weighted by Crippen LogP contribution is 2.37. The number of amides is 1. The minimum atomic E-state index is -1.18. The van der Waals surface area contributed by atoms with Crippen LogP contribution in [0.2, 0.25) is 0 Å². The van der Waals surface area contributed by atoms with E-state index in [-0.39, 0.29) is 19.1 Å². The van der Waals surface area contributed by atoms with E-state index in [1.807, 2.05) is 0 Å².